The van der Waals surface area contributed by atoms with E-state index in [4.69, 9.17) is 16.3 Å². The molecule has 11 heteroatoms. The molecule has 248 valence electrons. The van der Waals surface area contributed by atoms with E-state index in [-0.39, 0.29) is 42.1 Å². The predicted octanol–water partition coefficient (Wildman–Crippen LogP) is 6.82. The summed E-state index contributed by atoms with van der Waals surface area (Å²) < 4.78 is 35.7. The minimum Gasteiger partial charge on any atom is -0.492 e. The molecular weight excluding hydrogens is 654 g/mol. The maximum Gasteiger partial charge on any atom is 0.264 e. The summed E-state index contributed by atoms with van der Waals surface area (Å²) in [6.45, 7) is 5.16. The van der Waals surface area contributed by atoms with Gasteiger partial charge in [-0.1, -0.05) is 72.3 Å². The van der Waals surface area contributed by atoms with Crippen LogP contribution in [-0.4, -0.2) is 56.6 Å². The third-order valence-corrected chi connectivity index (χ3v) is 10.2. The number of hydrogen-bond acceptors (Lipinski definition) is 6. The summed E-state index contributed by atoms with van der Waals surface area (Å²) in [5.41, 5.74) is 1.67. The standard InChI is InChI=1S/C36H40ClN3O5S2/c1-5-45-34-18-12-11-17-32(34)40(47(43,44)30-21-19-29(46-4)20-22-30)25-35(41)39(24-28-15-9-10-16-31(28)37)33(36(42)38-26(2)3)23-27-13-7-6-8-14-27/h6-22,26,33H,5,23-25H2,1-4H3,(H,38,42)/t33-/m1/s1. The van der Waals surface area contributed by atoms with Crippen molar-refractivity contribution >= 4 is 50.9 Å². The summed E-state index contributed by atoms with van der Waals surface area (Å²) in [4.78, 5) is 30.9. The smallest absolute Gasteiger partial charge is 0.264 e. The number of nitrogens with zero attached hydrogens (tertiary/aromatic N) is 2. The molecule has 1 N–H and O–H groups in total. The van der Waals surface area contributed by atoms with E-state index in [1.807, 2.05) is 50.4 Å². The first-order valence-corrected chi connectivity index (χ1v) is 18.3. The van der Waals surface area contributed by atoms with Crippen LogP contribution in [0.1, 0.15) is 31.9 Å². The lowest BCUT2D eigenvalue weighted by molar-refractivity contribution is -0.140. The number of thioether (sulfide) groups is 1. The van der Waals surface area contributed by atoms with E-state index in [0.717, 1.165) is 14.8 Å². The summed E-state index contributed by atoms with van der Waals surface area (Å²) in [7, 11) is -4.28. The highest BCUT2D eigenvalue weighted by Gasteiger charge is 2.36. The van der Waals surface area contributed by atoms with Crippen molar-refractivity contribution in [3.63, 3.8) is 0 Å². The maximum atomic E-state index is 14.7. The number of sulfonamides is 1. The number of carbonyl (C=O) groups is 2. The fraction of sp³-hybridized carbons (Fsp3) is 0.278. The second-order valence-electron chi connectivity index (χ2n) is 11.1. The van der Waals surface area contributed by atoms with E-state index in [2.05, 4.69) is 5.32 Å². The molecule has 0 radical (unpaired) electrons. The van der Waals surface area contributed by atoms with Crippen molar-refractivity contribution in [1.82, 2.24) is 10.2 Å². The molecule has 0 aliphatic carbocycles. The lowest BCUT2D eigenvalue weighted by atomic mass is 10.0. The maximum absolute atomic E-state index is 14.7. The van der Waals surface area contributed by atoms with Crippen LogP contribution in [0.5, 0.6) is 5.75 Å². The highest BCUT2D eigenvalue weighted by molar-refractivity contribution is 7.98. The average Bonchev–Trinajstić information content (AvgIpc) is 3.06. The number of nitrogens with one attached hydrogen (secondary N) is 1. The number of ether oxygens (including phenoxy) is 1. The molecule has 2 amide bonds. The molecule has 4 rings (SSSR count). The van der Waals surface area contributed by atoms with Crippen LogP contribution in [0.4, 0.5) is 5.69 Å². The zero-order valence-corrected chi connectivity index (χ0v) is 29.3. The first-order valence-electron chi connectivity index (χ1n) is 15.3. The fourth-order valence-electron chi connectivity index (χ4n) is 5.07. The van der Waals surface area contributed by atoms with Crippen molar-refractivity contribution in [3.8, 4) is 5.75 Å². The Balaban J connectivity index is 1.85. The highest BCUT2D eigenvalue weighted by atomic mass is 35.5. The third-order valence-electron chi connectivity index (χ3n) is 7.36. The Morgan fingerprint density at radius 1 is 0.894 bits per heavy atom. The predicted molar refractivity (Wildman–Crippen MR) is 190 cm³/mol. The van der Waals surface area contributed by atoms with Crippen molar-refractivity contribution < 1.29 is 22.7 Å². The van der Waals surface area contributed by atoms with E-state index in [0.29, 0.717) is 16.3 Å². The summed E-state index contributed by atoms with van der Waals surface area (Å²) >= 11 is 8.06. The molecule has 0 spiro atoms. The van der Waals surface area contributed by atoms with Crippen LogP contribution in [0.25, 0.3) is 0 Å². The molecule has 1 atom stereocenters. The Kier molecular flexibility index (Phi) is 12.8. The van der Waals surface area contributed by atoms with Gasteiger partial charge in [-0.3, -0.25) is 13.9 Å². The SMILES string of the molecule is CCOc1ccccc1N(CC(=O)N(Cc1ccccc1Cl)[C@H](Cc1ccccc1)C(=O)NC(C)C)S(=O)(=O)c1ccc(SC)cc1. The van der Waals surface area contributed by atoms with Gasteiger partial charge in [-0.15, -0.1) is 11.8 Å². The Bertz CT molecular complexity index is 1750. The van der Waals surface area contributed by atoms with Gasteiger partial charge in [0.25, 0.3) is 10.0 Å². The Labute approximate surface area is 287 Å². The normalized spacial score (nSPS) is 12.0. The van der Waals surface area contributed by atoms with Gasteiger partial charge in [0.1, 0.15) is 18.3 Å². The summed E-state index contributed by atoms with van der Waals surface area (Å²) in [6.07, 6.45) is 2.11. The molecule has 0 unspecified atom stereocenters. The van der Waals surface area contributed by atoms with Crippen LogP contribution in [-0.2, 0) is 32.6 Å². The lowest BCUT2D eigenvalue weighted by Gasteiger charge is -2.34. The Morgan fingerprint density at radius 2 is 1.53 bits per heavy atom. The van der Waals surface area contributed by atoms with Gasteiger partial charge < -0.3 is 15.0 Å². The van der Waals surface area contributed by atoms with E-state index < -0.39 is 28.5 Å². The first kappa shape index (κ1) is 35.9. The van der Waals surface area contributed by atoms with Gasteiger partial charge in [0.2, 0.25) is 11.8 Å². The average molecular weight is 694 g/mol. The molecule has 0 aliphatic heterocycles. The van der Waals surface area contributed by atoms with Crippen molar-refractivity contribution in [1.29, 1.82) is 0 Å². The quantitative estimate of drug-likeness (QED) is 0.137. The molecule has 0 fully saturated rings. The number of halogens is 1. The van der Waals surface area contributed by atoms with Crippen molar-refractivity contribution in [2.45, 2.75) is 55.6 Å². The van der Waals surface area contributed by atoms with E-state index in [1.54, 1.807) is 67.6 Å². The number of amides is 2. The second-order valence-corrected chi connectivity index (χ2v) is 14.2. The van der Waals surface area contributed by atoms with Gasteiger partial charge in [-0.05, 0) is 80.6 Å². The third kappa shape index (κ3) is 9.31. The van der Waals surface area contributed by atoms with E-state index >= 15 is 0 Å². The first-order chi connectivity index (χ1) is 22.5. The molecule has 0 heterocycles. The van der Waals surface area contributed by atoms with Crippen LogP contribution < -0.4 is 14.4 Å². The molecule has 4 aromatic carbocycles. The number of benzene rings is 4. The van der Waals surface area contributed by atoms with Crippen LogP contribution in [0.2, 0.25) is 5.02 Å². The number of para-hydroxylation sites is 2. The second kappa shape index (κ2) is 16.7. The minimum atomic E-state index is -4.28. The van der Waals surface area contributed by atoms with Crippen molar-refractivity contribution in [2.24, 2.45) is 0 Å². The number of anilines is 1. The van der Waals surface area contributed by atoms with Gasteiger partial charge in [0.15, 0.2) is 0 Å². The van der Waals surface area contributed by atoms with Gasteiger partial charge in [0.05, 0.1) is 17.2 Å². The topological polar surface area (TPSA) is 96.0 Å². The fourth-order valence-corrected chi connectivity index (χ4v) is 7.10. The van der Waals surface area contributed by atoms with Gasteiger partial charge >= 0.3 is 0 Å². The van der Waals surface area contributed by atoms with Gasteiger partial charge in [0, 0.05) is 28.9 Å². The van der Waals surface area contributed by atoms with E-state index in [9.17, 15) is 18.0 Å². The van der Waals surface area contributed by atoms with Crippen LogP contribution >= 0.6 is 23.4 Å². The van der Waals surface area contributed by atoms with Crippen LogP contribution in [0, 0.1) is 0 Å². The lowest BCUT2D eigenvalue weighted by Crippen LogP contribution is -2.54. The van der Waals surface area contributed by atoms with Crippen LogP contribution in [0.15, 0.2) is 113 Å². The van der Waals surface area contributed by atoms with Crippen molar-refractivity contribution in [3.05, 3.63) is 119 Å². The molecule has 0 aliphatic rings. The van der Waals surface area contributed by atoms with Crippen LogP contribution in [0.3, 0.4) is 0 Å². The molecule has 0 aromatic heterocycles. The summed E-state index contributed by atoms with van der Waals surface area (Å²) in [5, 5.41) is 3.38. The summed E-state index contributed by atoms with van der Waals surface area (Å²) in [5.74, 6) is -0.635. The molecule has 0 bridgehead atoms. The monoisotopic (exact) mass is 693 g/mol. The molecular formula is C36H40ClN3O5S2. The number of hydrogen-bond donors (Lipinski definition) is 1. The largest absolute Gasteiger partial charge is 0.492 e. The number of rotatable bonds is 15. The van der Waals surface area contributed by atoms with Gasteiger partial charge in [-0.2, -0.15) is 0 Å². The van der Waals surface area contributed by atoms with Crippen molar-refractivity contribution in [2.75, 3.05) is 23.7 Å². The molecule has 47 heavy (non-hydrogen) atoms. The molecule has 0 saturated carbocycles. The zero-order valence-electron chi connectivity index (χ0n) is 26.9. The molecule has 4 aromatic rings. The molecule has 8 nitrogen and oxygen atoms in total. The zero-order chi connectivity index (χ0) is 34.0. The van der Waals surface area contributed by atoms with Gasteiger partial charge in [-0.25, -0.2) is 8.42 Å². The molecule has 0 saturated heterocycles. The minimum absolute atomic E-state index is 0.0189. The van der Waals surface area contributed by atoms with E-state index in [1.165, 1.54) is 28.8 Å². The Hall–Kier alpha value is -3.99. The summed E-state index contributed by atoms with van der Waals surface area (Å²) in [6, 6.07) is 28.5. The highest BCUT2D eigenvalue weighted by Crippen LogP contribution is 2.33. The number of carbonyl (C=O) groups excluding carboxylic acids is 2. The Morgan fingerprint density at radius 3 is 2.17 bits per heavy atom.